The first kappa shape index (κ1) is 35.7. The Morgan fingerprint density at radius 2 is 1.03 bits per heavy atom. The molecule has 0 amide bonds. The zero-order chi connectivity index (χ0) is 41.5. The quantitative estimate of drug-likeness (QED) is 0.154. The fourth-order valence-corrected chi connectivity index (χ4v) is 11.3. The van der Waals surface area contributed by atoms with Crippen molar-refractivity contribution >= 4 is 43.5 Å². The van der Waals surface area contributed by atoms with Gasteiger partial charge in [-0.1, -0.05) is 194 Å². The van der Waals surface area contributed by atoms with Crippen molar-refractivity contribution < 1.29 is 0 Å². The molecule has 0 N–H and O–H groups in total. The summed E-state index contributed by atoms with van der Waals surface area (Å²) in [5.74, 6) is 1.44. The summed E-state index contributed by atoms with van der Waals surface area (Å²) in [6.07, 6.45) is 9.27. The number of allylic oxidation sites excluding steroid dienone is 4. The van der Waals surface area contributed by atoms with Crippen LogP contribution < -0.4 is 0 Å². The van der Waals surface area contributed by atoms with Crippen molar-refractivity contribution in [2.75, 3.05) is 0 Å². The van der Waals surface area contributed by atoms with Crippen LogP contribution in [-0.2, 0) is 5.41 Å². The van der Waals surface area contributed by atoms with Crippen LogP contribution in [0.5, 0.6) is 0 Å². The molecule has 3 atom stereocenters. The van der Waals surface area contributed by atoms with E-state index in [9.17, 15) is 0 Å². The van der Waals surface area contributed by atoms with Crippen LogP contribution in [-0.4, -0.2) is 14.1 Å². The lowest BCUT2D eigenvalue weighted by molar-refractivity contribution is 0.457. The van der Waals surface area contributed by atoms with Crippen LogP contribution in [0.15, 0.2) is 237 Å². The number of hydrogen-bond donors (Lipinski definition) is 0. The van der Waals surface area contributed by atoms with E-state index in [0.717, 1.165) is 45.1 Å². The van der Waals surface area contributed by atoms with E-state index in [0.29, 0.717) is 0 Å². The minimum Gasteiger partial charge on any atom is -0.309 e. The average Bonchev–Trinajstić information content (AvgIpc) is 4.05. The number of imidazole rings is 1. The molecule has 9 aromatic carbocycles. The molecule has 2 aliphatic rings. The van der Waals surface area contributed by atoms with E-state index in [1.807, 2.05) is 0 Å². The van der Waals surface area contributed by atoms with Crippen molar-refractivity contribution in [1.82, 2.24) is 14.1 Å². The molecule has 2 heterocycles. The predicted octanol–water partition coefficient (Wildman–Crippen LogP) is 14.8. The summed E-state index contributed by atoms with van der Waals surface area (Å²) < 4.78 is 4.80. The molecule has 2 aliphatic carbocycles. The molecule has 0 saturated heterocycles. The molecular formula is C60H41N3. The van der Waals surface area contributed by atoms with Gasteiger partial charge in [0.1, 0.15) is 5.82 Å². The summed E-state index contributed by atoms with van der Waals surface area (Å²) >= 11 is 0. The fourth-order valence-electron chi connectivity index (χ4n) is 11.3. The van der Waals surface area contributed by atoms with Crippen LogP contribution in [0, 0.1) is 5.92 Å². The van der Waals surface area contributed by atoms with E-state index in [2.05, 4.69) is 246 Å². The van der Waals surface area contributed by atoms with Crippen molar-refractivity contribution in [2.45, 2.75) is 11.3 Å². The SMILES string of the molecule is C1=CC2c3ccccc3C(c3ccccc3)(c3ccc4c(c3)nc(-c3ccccc3)n4-c3ccc(-c4cc5c6ccccc6c6ccccc6c5n4-c4ccccc4)cc3)C2C=C1. The number of nitrogens with zero attached hydrogens (tertiary/aromatic N) is 3. The number of fused-ring (bicyclic) bond motifs is 10. The van der Waals surface area contributed by atoms with Crippen LogP contribution in [0.4, 0.5) is 0 Å². The Balaban J connectivity index is 1.01. The third kappa shape index (κ3) is 5.23. The number of benzene rings is 9. The first-order valence-corrected chi connectivity index (χ1v) is 22.0. The normalized spacial score (nSPS) is 17.8. The Hall–Kier alpha value is -8.01. The van der Waals surface area contributed by atoms with Crippen LogP contribution in [0.25, 0.3) is 77.5 Å². The lowest BCUT2D eigenvalue weighted by Gasteiger charge is -2.38. The molecule has 0 aliphatic heterocycles. The molecule has 296 valence electrons. The zero-order valence-electron chi connectivity index (χ0n) is 34.5. The summed E-state index contributed by atoms with van der Waals surface area (Å²) in [6.45, 7) is 0. The van der Waals surface area contributed by atoms with E-state index in [1.54, 1.807) is 0 Å². The maximum absolute atomic E-state index is 5.52. The maximum atomic E-state index is 5.52. The Bertz CT molecular complexity index is 3610. The van der Waals surface area contributed by atoms with Crippen LogP contribution >= 0.6 is 0 Å². The van der Waals surface area contributed by atoms with Crippen molar-refractivity contribution in [3.63, 3.8) is 0 Å². The van der Waals surface area contributed by atoms with E-state index >= 15 is 0 Å². The number of rotatable bonds is 6. The molecule has 0 bridgehead atoms. The van der Waals surface area contributed by atoms with Gasteiger partial charge in [-0.05, 0) is 86.4 Å². The van der Waals surface area contributed by atoms with Gasteiger partial charge in [-0.25, -0.2) is 4.98 Å². The van der Waals surface area contributed by atoms with Gasteiger partial charge in [-0.15, -0.1) is 0 Å². The van der Waals surface area contributed by atoms with Gasteiger partial charge in [-0.3, -0.25) is 4.57 Å². The largest absolute Gasteiger partial charge is 0.309 e. The summed E-state index contributed by atoms with van der Waals surface area (Å²) in [4.78, 5) is 5.52. The molecule has 0 saturated carbocycles. The van der Waals surface area contributed by atoms with E-state index in [4.69, 9.17) is 4.98 Å². The first-order valence-electron chi connectivity index (χ1n) is 22.0. The van der Waals surface area contributed by atoms with Gasteiger partial charge in [0.15, 0.2) is 0 Å². The molecule has 0 radical (unpaired) electrons. The lowest BCUT2D eigenvalue weighted by Crippen LogP contribution is -2.35. The summed E-state index contributed by atoms with van der Waals surface area (Å²) in [5, 5.41) is 6.29. The van der Waals surface area contributed by atoms with Crippen LogP contribution in [0.1, 0.15) is 28.2 Å². The van der Waals surface area contributed by atoms with E-state index in [-0.39, 0.29) is 17.3 Å². The fraction of sp³-hybridized carbons (Fsp3) is 0.0500. The van der Waals surface area contributed by atoms with Gasteiger partial charge < -0.3 is 4.57 Å². The number of hydrogen-bond acceptors (Lipinski definition) is 1. The monoisotopic (exact) mass is 803 g/mol. The highest BCUT2D eigenvalue weighted by atomic mass is 15.1. The predicted molar refractivity (Wildman–Crippen MR) is 261 cm³/mol. The van der Waals surface area contributed by atoms with E-state index in [1.165, 1.54) is 54.7 Å². The Morgan fingerprint density at radius 1 is 0.429 bits per heavy atom. The van der Waals surface area contributed by atoms with Gasteiger partial charge in [0, 0.05) is 39.5 Å². The molecule has 3 unspecified atom stereocenters. The van der Waals surface area contributed by atoms with Gasteiger partial charge in [0.25, 0.3) is 0 Å². The highest BCUT2D eigenvalue weighted by molar-refractivity contribution is 6.25. The number of aromatic nitrogens is 3. The summed E-state index contributed by atoms with van der Waals surface area (Å²) in [6, 6.07) is 77.8. The molecule has 11 aromatic rings. The second-order valence-electron chi connectivity index (χ2n) is 17.0. The molecule has 3 nitrogen and oxygen atoms in total. The summed E-state index contributed by atoms with van der Waals surface area (Å²) in [7, 11) is 0. The highest BCUT2D eigenvalue weighted by Crippen LogP contribution is 2.59. The Kier molecular flexibility index (Phi) is 7.95. The van der Waals surface area contributed by atoms with Crippen molar-refractivity contribution in [3.05, 3.63) is 259 Å². The van der Waals surface area contributed by atoms with Gasteiger partial charge in [-0.2, -0.15) is 0 Å². The Morgan fingerprint density at radius 3 is 1.79 bits per heavy atom. The minimum atomic E-state index is -0.385. The lowest BCUT2D eigenvalue weighted by atomic mass is 9.63. The summed E-state index contributed by atoms with van der Waals surface area (Å²) in [5.41, 5.74) is 13.8. The molecule has 3 heteroatoms. The minimum absolute atomic E-state index is 0.227. The van der Waals surface area contributed by atoms with Crippen LogP contribution in [0.2, 0.25) is 0 Å². The van der Waals surface area contributed by atoms with Gasteiger partial charge in [0.05, 0.1) is 27.7 Å². The topological polar surface area (TPSA) is 22.8 Å². The zero-order valence-corrected chi connectivity index (χ0v) is 34.5. The third-order valence-corrected chi connectivity index (χ3v) is 13.9. The van der Waals surface area contributed by atoms with Crippen molar-refractivity contribution in [1.29, 1.82) is 0 Å². The van der Waals surface area contributed by atoms with Gasteiger partial charge >= 0.3 is 0 Å². The standard InChI is InChI=1S/C60H41N3/c1-4-18-41(19-5-1)59-61-55-38-43(60(42-20-6-2-7-21-42)53-30-16-14-27-49(53)50-28-15-17-31-54(50)60)34-37-56(55)63(59)45-35-32-40(33-36-45)57-39-52-48-26-11-10-24-46(48)47-25-12-13-29-51(47)58(52)62(57)44-22-8-3-9-23-44/h1-39,49,53H. The first-order chi connectivity index (χ1) is 31.3. The van der Waals surface area contributed by atoms with E-state index < -0.39 is 0 Å². The Labute approximate surface area is 366 Å². The van der Waals surface area contributed by atoms with Crippen LogP contribution in [0.3, 0.4) is 0 Å². The molecule has 0 fully saturated rings. The molecule has 2 aromatic heterocycles. The smallest absolute Gasteiger partial charge is 0.145 e. The third-order valence-electron chi connectivity index (χ3n) is 13.9. The van der Waals surface area contributed by atoms with Gasteiger partial charge in [0.2, 0.25) is 0 Å². The molecular weight excluding hydrogens is 763 g/mol. The van der Waals surface area contributed by atoms with Crippen molar-refractivity contribution in [3.8, 4) is 34.0 Å². The molecule has 63 heavy (non-hydrogen) atoms. The average molecular weight is 804 g/mol. The molecule has 13 rings (SSSR count). The maximum Gasteiger partial charge on any atom is 0.145 e. The van der Waals surface area contributed by atoms with Crippen molar-refractivity contribution in [2.24, 2.45) is 5.92 Å². The molecule has 0 spiro atoms. The number of para-hydroxylation sites is 1. The highest BCUT2D eigenvalue weighted by Gasteiger charge is 2.52. The second kappa shape index (κ2) is 14.0. The second-order valence-corrected chi connectivity index (χ2v) is 17.0.